The fourth-order valence-electron chi connectivity index (χ4n) is 3.56. The predicted molar refractivity (Wildman–Crippen MR) is 101 cm³/mol. The van der Waals surface area contributed by atoms with Crippen LogP contribution in [0.2, 0.25) is 0 Å². The molecule has 10 heteroatoms. The molecule has 1 aromatic rings. The second-order valence-corrected chi connectivity index (χ2v) is 9.70. The van der Waals surface area contributed by atoms with E-state index < -0.39 is 10.0 Å². The SMILES string of the molecule is CN1CCN(c2cc(C(=O)N3CCN(S(=O)(=O)C4CC4)CC3)ncn2)CC1. The summed E-state index contributed by atoms with van der Waals surface area (Å²) in [7, 11) is -1.08. The van der Waals surface area contributed by atoms with E-state index in [1.54, 1.807) is 11.0 Å². The molecule has 148 valence electrons. The summed E-state index contributed by atoms with van der Waals surface area (Å²) in [6.07, 6.45) is 2.96. The van der Waals surface area contributed by atoms with Gasteiger partial charge in [-0.3, -0.25) is 4.79 Å². The molecule has 0 spiro atoms. The van der Waals surface area contributed by atoms with Gasteiger partial charge in [0.1, 0.15) is 17.8 Å². The van der Waals surface area contributed by atoms with Crippen molar-refractivity contribution in [2.45, 2.75) is 18.1 Å². The quantitative estimate of drug-likeness (QED) is 0.679. The number of amides is 1. The van der Waals surface area contributed by atoms with Gasteiger partial charge in [-0.2, -0.15) is 4.31 Å². The van der Waals surface area contributed by atoms with Crippen molar-refractivity contribution >= 4 is 21.7 Å². The van der Waals surface area contributed by atoms with Crippen molar-refractivity contribution in [2.24, 2.45) is 0 Å². The summed E-state index contributed by atoms with van der Waals surface area (Å²) in [5.74, 6) is 0.618. The standard InChI is InChI=1S/C17H26N6O3S/c1-20-4-6-21(7-5-20)16-12-15(18-13-19-16)17(24)22-8-10-23(11-9-22)27(25,26)14-2-3-14/h12-14H,2-11H2,1H3. The Morgan fingerprint density at radius 2 is 1.67 bits per heavy atom. The molecule has 1 aliphatic carbocycles. The molecule has 3 aliphatic rings. The number of rotatable bonds is 4. The molecule has 0 bridgehead atoms. The fraction of sp³-hybridized carbons (Fsp3) is 0.706. The number of carbonyl (C=O) groups is 1. The van der Waals surface area contributed by atoms with Crippen LogP contribution in [0.15, 0.2) is 12.4 Å². The summed E-state index contributed by atoms with van der Waals surface area (Å²) in [5.41, 5.74) is 0.373. The molecular weight excluding hydrogens is 368 g/mol. The number of hydrogen-bond acceptors (Lipinski definition) is 7. The number of hydrogen-bond donors (Lipinski definition) is 0. The molecule has 1 aromatic heterocycles. The summed E-state index contributed by atoms with van der Waals surface area (Å²) in [4.78, 5) is 27.4. The van der Waals surface area contributed by atoms with E-state index in [1.807, 2.05) is 0 Å². The molecule has 4 rings (SSSR count). The van der Waals surface area contributed by atoms with Crippen molar-refractivity contribution in [1.82, 2.24) is 24.1 Å². The zero-order valence-electron chi connectivity index (χ0n) is 15.6. The number of nitrogens with zero attached hydrogens (tertiary/aromatic N) is 6. The molecule has 0 atom stereocenters. The molecule has 2 saturated heterocycles. The van der Waals surface area contributed by atoms with Crippen molar-refractivity contribution in [3.8, 4) is 0 Å². The van der Waals surface area contributed by atoms with Crippen molar-refractivity contribution < 1.29 is 13.2 Å². The van der Waals surface area contributed by atoms with Gasteiger partial charge in [-0.05, 0) is 19.9 Å². The van der Waals surface area contributed by atoms with Gasteiger partial charge in [0, 0.05) is 58.4 Å². The van der Waals surface area contributed by atoms with E-state index in [0.717, 1.165) is 44.8 Å². The van der Waals surface area contributed by atoms with Crippen LogP contribution in [0.3, 0.4) is 0 Å². The smallest absolute Gasteiger partial charge is 0.272 e. The lowest BCUT2D eigenvalue weighted by atomic mass is 10.2. The molecule has 0 aromatic carbocycles. The Bertz CT molecular complexity index is 797. The van der Waals surface area contributed by atoms with Crippen molar-refractivity contribution in [1.29, 1.82) is 0 Å². The third kappa shape index (κ3) is 3.92. The van der Waals surface area contributed by atoms with Gasteiger partial charge in [0.05, 0.1) is 5.25 Å². The summed E-state index contributed by atoms with van der Waals surface area (Å²) >= 11 is 0. The highest BCUT2D eigenvalue weighted by molar-refractivity contribution is 7.90. The van der Waals surface area contributed by atoms with Gasteiger partial charge < -0.3 is 14.7 Å². The van der Waals surface area contributed by atoms with Crippen LogP contribution < -0.4 is 4.90 Å². The Balaban J connectivity index is 1.39. The molecule has 3 heterocycles. The summed E-state index contributed by atoms with van der Waals surface area (Å²) in [6, 6.07) is 1.75. The minimum absolute atomic E-state index is 0.156. The molecule has 1 saturated carbocycles. The van der Waals surface area contributed by atoms with Crippen LogP contribution in [0.5, 0.6) is 0 Å². The van der Waals surface area contributed by atoms with Crippen molar-refractivity contribution in [3.05, 3.63) is 18.1 Å². The summed E-state index contributed by atoms with van der Waals surface area (Å²) in [6.45, 7) is 5.20. The lowest BCUT2D eigenvalue weighted by molar-refractivity contribution is 0.0691. The Hall–Kier alpha value is -1.78. The van der Waals surface area contributed by atoms with Crippen LogP contribution in [0.4, 0.5) is 5.82 Å². The zero-order valence-corrected chi connectivity index (χ0v) is 16.4. The summed E-state index contributed by atoms with van der Waals surface area (Å²) < 4.78 is 26.2. The lowest BCUT2D eigenvalue weighted by Gasteiger charge is -2.34. The van der Waals surface area contributed by atoms with Gasteiger partial charge in [0.2, 0.25) is 10.0 Å². The number of sulfonamides is 1. The first-order valence-electron chi connectivity index (χ1n) is 9.49. The Morgan fingerprint density at radius 3 is 2.30 bits per heavy atom. The molecule has 0 radical (unpaired) electrons. The highest BCUT2D eigenvalue weighted by Crippen LogP contribution is 2.31. The van der Waals surface area contributed by atoms with Gasteiger partial charge in [0.25, 0.3) is 5.91 Å². The van der Waals surface area contributed by atoms with E-state index in [1.165, 1.54) is 10.6 Å². The van der Waals surface area contributed by atoms with Gasteiger partial charge in [0.15, 0.2) is 0 Å². The maximum atomic E-state index is 12.8. The van der Waals surface area contributed by atoms with E-state index >= 15 is 0 Å². The number of anilines is 1. The van der Waals surface area contributed by atoms with E-state index in [2.05, 4.69) is 26.8 Å². The second kappa shape index (κ2) is 7.33. The predicted octanol–water partition coefficient (Wildman–Crippen LogP) is -0.522. The highest BCUT2D eigenvalue weighted by atomic mass is 32.2. The van der Waals surface area contributed by atoms with Crippen LogP contribution in [0.25, 0.3) is 0 Å². The minimum Gasteiger partial charge on any atom is -0.354 e. The average molecular weight is 395 g/mol. The first kappa shape index (κ1) is 18.6. The second-order valence-electron chi connectivity index (χ2n) is 7.49. The van der Waals surface area contributed by atoms with E-state index in [9.17, 15) is 13.2 Å². The minimum atomic E-state index is -3.17. The van der Waals surface area contributed by atoms with Gasteiger partial charge in [-0.25, -0.2) is 18.4 Å². The molecule has 1 amide bonds. The normalized spacial score (nSPS) is 22.9. The Labute approximate surface area is 160 Å². The fourth-order valence-corrected chi connectivity index (χ4v) is 5.38. The van der Waals surface area contributed by atoms with Crippen LogP contribution >= 0.6 is 0 Å². The number of piperazine rings is 2. The van der Waals surface area contributed by atoms with Crippen LogP contribution in [0, 0.1) is 0 Å². The zero-order chi connectivity index (χ0) is 19.0. The van der Waals surface area contributed by atoms with Crippen molar-refractivity contribution in [3.63, 3.8) is 0 Å². The molecule has 0 N–H and O–H groups in total. The van der Waals surface area contributed by atoms with Gasteiger partial charge >= 0.3 is 0 Å². The first-order valence-corrected chi connectivity index (χ1v) is 11.0. The van der Waals surface area contributed by atoms with Gasteiger partial charge in [-0.15, -0.1) is 0 Å². The van der Waals surface area contributed by atoms with Crippen LogP contribution in [-0.2, 0) is 10.0 Å². The highest BCUT2D eigenvalue weighted by Gasteiger charge is 2.41. The average Bonchev–Trinajstić information content (AvgIpc) is 3.54. The van der Waals surface area contributed by atoms with Crippen molar-refractivity contribution in [2.75, 3.05) is 64.3 Å². The number of carbonyl (C=O) groups excluding carboxylic acids is 1. The van der Waals surface area contributed by atoms with Crippen LogP contribution in [0.1, 0.15) is 23.3 Å². The topological polar surface area (TPSA) is 90.0 Å². The molecule has 3 fully saturated rings. The Morgan fingerprint density at radius 1 is 1.00 bits per heavy atom. The van der Waals surface area contributed by atoms with Gasteiger partial charge in [-0.1, -0.05) is 0 Å². The molecule has 0 unspecified atom stereocenters. The molecule has 9 nitrogen and oxygen atoms in total. The molecule has 2 aliphatic heterocycles. The van der Waals surface area contributed by atoms with E-state index in [-0.39, 0.29) is 11.2 Å². The Kier molecular flexibility index (Phi) is 5.04. The van der Waals surface area contributed by atoms with E-state index in [0.29, 0.717) is 31.9 Å². The van der Waals surface area contributed by atoms with Crippen LogP contribution in [-0.4, -0.2) is 103 Å². The first-order chi connectivity index (χ1) is 12.9. The largest absolute Gasteiger partial charge is 0.354 e. The maximum absolute atomic E-state index is 12.8. The number of aromatic nitrogens is 2. The maximum Gasteiger partial charge on any atom is 0.272 e. The third-order valence-corrected chi connectivity index (χ3v) is 7.93. The number of likely N-dealkylation sites (N-methyl/N-ethyl adjacent to an activating group) is 1. The lowest BCUT2D eigenvalue weighted by Crippen LogP contribution is -2.51. The summed E-state index contributed by atoms with van der Waals surface area (Å²) in [5, 5.41) is -0.201. The monoisotopic (exact) mass is 394 g/mol. The van der Waals surface area contributed by atoms with E-state index in [4.69, 9.17) is 0 Å². The molecule has 27 heavy (non-hydrogen) atoms. The molecular formula is C17H26N6O3S. The third-order valence-electron chi connectivity index (χ3n) is 5.53.